The average molecular weight is 512 g/mol. The van der Waals surface area contributed by atoms with Gasteiger partial charge in [-0.1, -0.05) is 11.6 Å². The SMILES string of the molecule is COC1(c2cc3c(Cl)nc(C)c(OS(=O)(=O)C(F)(F)F)c3n(C)c2=O)CCN(C(C)=O)CC1. The lowest BCUT2D eigenvalue weighted by Gasteiger charge is -2.40. The van der Waals surface area contributed by atoms with Crippen molar-refractivity contribution < 1.29 is 35.3 Å². The first-order chi connectivity index (χ1) is 15.1. The van der Waals surface area contributed by atoms with E-state index in [4.69, 9.17) is 16.3 Å². The van der Waals surface area contributed by atoms with Crippen LogP contribution in [-0.2, 0) is 32.3 Å². The molecule has 0 spiro atoms. The summed E-state index contributed by atoms with van der Waals surface area (Å²) in [4.78, 5) is 30.5. The molecule has 0 aromatic carbocycles. The van der Waals surface area contributed by atoms with E-state index >= 15 is 0 Å². The Labute approximate surface area is 192 Å². The van der Waals surface area contributed by atoms with Gasteiger partial charge in [0.1, 0.15) is 16.3 Å². The predicted octanol–water partition coefficient (Wildman–Crippen LogP) is 2.61. The molecule has 1 amide bonds. The lowest BCUT2D eigenvalue weighted by molar-refractivity contribution is -0.135. The van der Waals surface area contributed by atoms with Crippen molar-refractivity contribution in [2.75, 3.05) is 20.2 Å². The summed E-state index contributed by atoms with van der Waals surface area (Å²) < 4.78 is 73.1. The molecule has 2 aromatic rings. The van der Waals surface area contributed by atoms with Gasteiger partial charge in [0, 0.05) is 39.6 Å². The van der Waals surface area contributed by atoms with Crippen LogP contribution in [0.1, 0.15) is 31.0 Å². The third-order valence-corrected chi connectivity index (χ3v) is 7.06. The fraction of sp³-hybridized carbons (Fsp3) is 0.526. The number of ether oxygens (including phenoxy) is 1. The lowest BCUT2D eigenvalue weighted by Crippen LogP contribution is -2.48. The Kier molecular flexibility index (Phi) is 6.46. The zero-order valence-corrected chi connectivity index (χ0v) is 19.7. The normalized spacial score (nSPS) is 16.8. The van der Waals surface area contributed by atoms with Gasteiger partial charge in [-0.15, -0.1) is 0 Å². The number of hydrogen-bond acceptors (Lipinski definition) is 7. The van der Waals surface area contributed by atoms with Gasteiger partial charge in [0.15, 0.2) is 5.75 Å². The number of hydrogen-bond donors (Lipinski definition) is 0. The zero-order chi connectivity index (χ0) is 24.9. The number of rotatable bonds is 4. The van der Waals surface area contributed by atoms with E-state index < -0.39 is 32.5 Å². The van der Waals surface area contributed by atoms with Gasteiger partial charge in [0.05, 0.1) is 11.3 Å². The molecule has 9 nitrogen and oxygen atoms in total. The minimum Gasteiger partial charge on any atom is -0.373 e. The van der Waals surface area contributed by atoms with Crippen molar-refractivity contribution in [2.45, 2.75) is 37.8 Å². The van der Waals surface area contributed by atoms with Crippen molar-refractivity contribution in [3.8, 4) is 5.75 Å². The zero-order valence-electron chi connectivity index (χ0n) is 18.1. The number of aromatic nitrogens is 2. The molecule has 0 aliphatic carbocycles. The highest BCUT2D eigenvalue weighted by Crippen LogP contribution is 2.40. The number of carbonyl (C=O) groups excluding carboxylic acids is 1. The first-order valence-corrected chi connectivity index (χ1v) is 11.5. The Bertz CT molecular complexity index is 1280. The highest BCUT2D eigenvalue weighted by Gasteiger charge is 2.49. The van der Waals surface area contributed by atoms with Crippen molar-refractivity contribution in [1.29, 1.82) is 0 Å². The number of pyridine rings is 2. The average Bonchev–Trinajstić information content (AvgIpc) is 2.72. The van der Waals surface area contributed by atoms with Crippen LogP contribution in [0.25, 0.3) is 10.9 Å². The highest BCUT2D eigenvalue weighted by molar-refractivity contribution is 7.88. The van der Waals surface area contributed by atoms with Crippen LogP contribution in [0.15, 0.2) is 10.9 Å². The van der Waals surface area contributed by atoms with Crippen LogP contribution in [-0.4, -0.2) is 54.5 Å². The largest absolute Gasteiger partial charge is 0.534 e. The third kappa shape index (κ3) is 4.28. The molecule has 0 atom stereocenters. The Hall–Kier alpha value is -2.38. The first kappa shape index (κ1) is 25.2. The maximum atomic E-state index is 13.3. The summed E-state index contributed by atoms with van der Waals surface area (Å²) in [6.45, 7) is 3.28. The van der Waals surface area contributed by atoms with E-state index in [0.29, 0.717) is 13.1 Å². The summed E-state index contributed by atoms with van der Waals surface area (Å²) in [7, 11) is -3.37. The monoisotopic (exact) mass is 511 g/mol. The Balaban J connectivity index is 2.25. The van der Waals surface area contributed by atoms with Crippen molar-refractivity contribution in [1.82, 2.24) is 14.5 Å². The second kappa shape index (κ2) is 8.44. The van der Waals surface area contributed by atoms with Gasteiger partial charge < -0.3 is 18.4 Å². The second-order valence-corrected chi connectivity index (χ2v) is 9.59. The van der Waals surface area contributed by atoms with Crippen LogP contribution >= 0.6 is 11.6 Å². The highest BCUT2D eigenvalue weighted by atomic mass is 35.5. The number of piperidine rings is 1. The molecular formula is C19H21ClF3N3O6S. The summed E-state index contributed by atoms with van der Waals surface area (Å²) in [5.41, 5.74) is -7.78. The van der Waals surface area contributed by atoms with Crippen LogP contribution in [0.4, 0.5) is 13.2 Å². The molecule has 0 N–H and O–H groups in total. The molecule has 0 saturated carbocycles. The molecule has 1 saturated heterocycles. The summed E-state index contributed by atoms with van der Waals surface area (Å²) in [5.74, 6) is -0.878. The maximum absolute atomic E-state index is 13.3. The lowest BCUT2D eigenvalue weighted by atomic mass is 9.84. The van der Waals surface area contributed by atoms with Crippen molar-refractivity contribution in [3.05, 3.63) is 32.8 Å². The summed E-state index contributed by atoms with van der Waals surface area (Å²) in [6.07, 6.45) is 0.569. The number of methoxy groups -OCH3 is 1. The fourth-order valence-corrected chi connectivity index (χ4v) is 4.73. The maximum Gasteiger partial charge on any atom is 0.534 e. The third-order valence-electron chi connectivity index (χ3n) is 5.82. The van der Waals surface area contributed by atoms with Crippen molar-refractivity contribution >= 4 is 38.5 Å². The molecule has 3 rings (SSSR count). The van der Waals surface area contributed by atoms with Crippen LogP contribution in [0.2, 0.25) is 5.15 Å². The second-order valence-electron chi connectivity index (χ2n) is 7.69. The van der Waals surface area contributed by atoms with Crippen LogP contribution < -0.4 is 9.74 Å². The van der Waals surface area contributed by atoms with E-state index in [1.165, 1.54) is 34.1 Å². The van der Waals surface area contributed by atoms with E-state index in [2.05, 4.69) is 9.17 Å². The van der Waals surface area contributed by atoms with Gasteiger partial charge in [0.2, 0.25) is 5.91 Å². The smallest absolute Gasteiger partial charge is 0.373 e. The van der Waals surface area contributed by atoms with Gasteiger partial charge in [-0.25, -0.2) is 4.98 Å². The van der Waals surface area contributed by atoms with E-state index in [9.17, 15) is 31.2 Å². The van der Waals surface area contributed by atoms with E-state index in [1.54, 1.807) is 4.90 Å². The number of halogens is 4. The van der Waals surface area contributed by atoms with Crippen molar-refractivity contribution in [2.24, 2.45) is 7.05 Å². The minimum atomic E-state index is -6.03. The Morgan fingerprint density at radius 3 is 2.33 bits per heavy atom. The number of likely N-dealkylation sites (tertiary alicyclic amines) is 1. The number of aryl methyl sites for hydroxylation is 2. The molecule has 1 fully saturated rings. The number of amides is 1. The topological polar surface area (TPSA) is 108 Å². The van der Waals surface area contributed by atoms with E-state index in [1.807, 2.05) is 0 Å². The molecule has 0 radical (unpaired) electrons. The standard InChI is InChI=1S/C19H21ClF3N3O6S/c1-10-15(32-33(29,30)19(21,22)23)14-12(16(20)24-10)9-13(17(28)25(14)3)18(31-4)5-7-26(8-6-18)11(2)27/h9H,5-8H2,1-4H3. The molecule has 0 unspecified atom stereocenters. The number of fused-ring (bicyclic) bond motifs is 1. The van der Waals surface area contributed by atoms with Gasteiger partial charge in [-0.2, -0.15) is 21.6 Å². The number of alkyl halides is 3. The Morgan fingerprint density at radius 1 is 1.27 bits per heavy atom. The molecule has 182 valence electrons. The van der Waals surface area contributed by atoms with Gasteiger partial charge in [-0.3, -0.25) is 9.59 Å². The summed E-state index contributed by atoms with van der Waals surface area (Å²) >= 11 is 6.24. The van der Waals surface area contributed by atoms with Crippen LogP contribution in [0, 0.1) is 6.92 Å². The molecular weight excluding hydrogens is 491 g/mol. The first-order valence-electron chi connectivity index (χ1n) is 9.67. The van der Waals surface area contributed by atoms with Gasteiger partial charge in [-0.05, 0) is 25.8 Å². The quantitative estimate of drug-likeness (QED) is 0.353. The molecule has 14 heteroatoms. The molecule has 33 heavy (non-hydrogen) atoms. The van der Waals surface area contributed by atoms with E-state index in [0.717, 1.165) is 4.57 Å². The predicted molar refractivity (Wildman–Crippen MR) is 113 cm³/mol. The summed E-state index contributed by atoms with van der Waals surface area (Å²) in [6, 6.07) is 1.33. The summed E-state index contributed by atoms with van der Waals surface area (Å²) in [5, 5.41) is -0.152. The molecule has 0 bridgehead atoms. The fourth-order valence-electron chi connectivity index (χ4n) is 3.95. The van der Waals surface area contributed by atoms with Crippen molar-refractivity contribution in [3.63, 3.8) is 0 Å². The van der Waals surface area contributed by atoms with Gasteiger partial charge in [0.25, 0.3) is 5.56 Å². The molecule has 1 aliphatic rings. The number of carbonyl (C=O) groups is 1. The molecule has 2 aromatic heterocycles. The Morgan fingerprint density at radius 2 is 1.85 bits per heavy atom. The van der Waals surface area contributed by atoms with Gasteiger partial charge >= 0.3 is 15.6 Å². The minimum absolute atomic E-state index is 0.0113. The van der Waals surface area contributed by atoms with E-state index in [-0.39, 0.29) is 46.1 Å². The van der Waals surface area contributed by atoms with Crippen LogP contribution in [0.5, 0.6) is 5.75 Å². The molecule has 1 aliphatic heterocycles. The molecule has 3 heterocycles. The van der Waals surface area contributed by atoms with Crippen LogP contribution in [0.3, 0.4) is 0 Å². The number of nitrogens with zero attached hydrogens (tertiary/aromatic N) is 3.